The van der Waals surface area contributed by atoms with E-state index in [1.54, 1.807) is 0 Å². The standard InChI is InChI=1S/C13H17NO/c15-11-13(12-7-3-1-4-8-12)14-9-5-2-6-10-14/h1,3-4,7-8,11,13H,2,5-6,9-10H2/t13-/m0/s1. The highest BCUT2D eigenvalue weighted by molar-refractivity contribution is 5.61. The quantitative estimate of drug-likeness (QED) is 0.703. The Morgan fingerprint density at radius 1 is 1.07 bits per heavy atom. The summed E-state index contributed by atoms with van der Waals surface area (Å²) in [6.07, 6.45) is 4.81. The Balaban J connectivity index is 2.12. The topological polar surface area (TPSA) is 20.3 Å². The van der Waals surface area contributed by atoms with Gasteiger partial charge >= 0.3 is 0 Å². The molecule has 2 nitrogen and oxygen atoms in total. The minimum absolute atomic E-state index is 0.0356. The number of likely N-dealkylation sites (tertiary alicyclic amines) is 1. The van der Waals surface area contributed by atoms with Crippen molar-refractivity contribution in [1.82, 2.24) is 4.90 Å². The predicted octanol–water partition coefficient (Wildman–Crippen LogP) is 2.41. The first-order valence-electron chi connectivity index (χ1n) is 5.66. The lowest BCUT2D eigenvalue weighted by atomic mass is 10.0. The number of benzene rings is 1. The molecule has 0 radical (unpaired) electrons. The molecule has 1 saturated heterocycles. The van der Waals surface area contributed by atoms with Gasteiger partial charge in [0.15, 0.2) is 0 Å². The van der Waals surface area contributed by atoms with Crippen molar-refractivity contribution >= 4 is 6.29 Å². The number of nitrogens with zero attached hydrogens (tertiary/aromatic N) is 1. The molecule has 1 heterocycles. The SMILES string of the molecule is O=C[C@@H](c1ccccc1)N1CCCCC1. The molecule has 1 aliphatic heterocycles. The molecule has 2 rings (SSSR count). The van der Waals surface area contributed by atoms with Gasteiger partial charge in [-0.2, -0.15) is 0 Å². The van der Waals surface area contributed by atoms with Gasteiger partial charge in [-0.25, -0.2) is 0 Å². The molecule has 0 saturated carbocycles. The monoisotopic (exact) mass is 203 g/mol. The van der Waals surface area contributed by atoms with Crippen molar-refractivity contribution in [1.29, 1.82) is 0 Å². The number of piperidine rings is 1. The second-order valence-corrected chi connectivity index (χ2v) is 4.09. The number of hydrogen-bond donors (Lipinski definition) is 0. The molecule has 0 aliphatic carbocycles. The minimum atomic E-state index is -0.0356. The van der Waals surface area contributed by atoms with Crippen LogP contribution in [0.15, 0.2) is 30.3 Å². The van der Waals surface area contributed by atoms with Crippen molar-refractivity contribution < 1.29 is 4.79 Å². The summed E-state index contributed by atoms with van der Waals surface area (Å²) in [5.74, 6) is 0. The highest BCUT2D eigenvalue weighted by atomic mass is 16.1. The summed E-state index contributed by atoms with van der Waals surface area (Å²) in [6, 6.07) is 10.0. The van der Waals surface area contributed by atoms with Crippen LogP contribution in [0.1, 0.15) is 30.9 Å². The van der Waals surface area contributed by atoms with Crippen LogP contribution >= 0.6 is 0 Å². The fraction of sp³-hybridized carbons (Fsp3) is 0.462. The maximum Gasteiger partial charge on any atom is 0.141 e. The van der Waals surface area contributed by atoms with Crippen molar-refractivity contribution in [3.63, 3.8) is 0 Å². The third kappa shape index (κ3) is 2.45. The normalized spacial score (nSPS) is 19.7. The van der Waals surface area contributed by atoms with E-state index >= 15 is 0 Å². The first-order valence-corrected chi connectivity index (χ1v) is 5.66. The van der Waals surface area contributed by atoms with Gasteiger partial charge in [-0.05, 0) is 31.5 Å². The van der Waals surface area contributed by atoms with Crippen LogP contribution < -0.4 is 0 Å². The van der Waals surface area contributed by atoms with Gasteiger partial charge < -0.3 is 4.79 Å². The lowest BCUT2D eigenvalue weighted by Gasteiger charge is -2.31. The lowest BCUT2D eigenvalue weighted by molar-refractivity contribution is -0.113. The Hall–Kier alpha value is -1.15. The van der Waals surface area contributed by atoms with Crippen LogP contribution in [0.2, 0.25) is 0 Å². The third-order valence-electron chi connectivity index (χ3n) is 3.05. The van der Waals surface area contributed by atoms with Gasteiger partial charge in [0, 0.05) is 0 Å². The Morgan fingerprint density at radius 2 is 1.73 bits per heavy atom. The largest absolute Gasteiger partial charge is 0.301 e. The molecule has 1 fully saturated rings. The van der Waals surface area contributed by atoms with E-state index in [9.17, 15) is 4.79 Å². The van der Waals surface area contributed by atoms with Gasteiger partial charge in [0.25, 0.3) is 0 Å². The van der Waals surface area contributed by atoms with Crippen LogP contribution in [0.25, 0.3) is 0 Å². The Bertz CT molecular complexity index is 304. The molecule has 1 atom stereocenters. The molecule has 80 valence electrons. The molecule has 0 aromatic heterocycles. The van der Waals surface area contributed by atoms with Gasteiger partial charge in [-0.3, -0.25) is 4.90 Å². The van der Waals surface area contributed by atoms with Crippen LogP contribution in [0, 0.1) is 0 Å². The summed E-state index contributed by atoms with van der Waals surface area (Å²) in [4.78, 5) is 13.4. The van der Waals surface area contributed by atoms with Gasteiger partial charge in [-0.1, -0.05) is 36.8 Å². The second kappa shape index (κ2) is 5.08. The molecule has 2 heteroatoms. The number of carbonyl (C=O) groups excluding carboxylic acids is 1. The molecule has 15 heavy (non-hydrogen) atoms. The molecule has 0 amide bonds. The fourth-order valence-electron chi connectivity index (χ4n) is 2.22. The highest BCUT2D eigenvalue weighted by Gasteiger charge is 2.20. The van der Waals surface area contributed by atoms with Crippen LogP contribution in [0.5, 0.6) is 0 Å². The predicted molar refractivity (Wildman–Crippen MR) is 60.7 cm³/mol. The third-order valence-corrected chi connectivity index (χ3v) is 3.05. The number of carbonyl (C=O) groups is 1. The van der Waals surface area contributed by atoms with Gasteiger partial charge in [0.1, 0.15) is 6.29 Å². The first kappa shape index (κ1) is 10.4. The molecule has 1 aliphatic rings. The maximum atomic E-state index is 11.2. The summed E-state index contributed by atoms with van der Waals surface area (Å²) in [5.41, 5.74) is 1.12. The van der Waals surface area contributed by atoms with Crippen molar-refractivity contribution in [2.45, 2.75) is 25.3 Å². The van der Waals surface area contributed by atoms with Crippen LogP contribution in [-0.2, 0) is 4.79 Å². The first-order chi connectivity index (χ1) is 7.42. The summed E-state index contributed by atoms with van der Waals surface area (Å²) in [5, 5.41) is 0. The minimum Gasteiger partial charge on any atom is -0.301 e. The highest BCUT2D eigenvalue weighted by Crippen LogP contribution is 2.22. The molecule has 0 bridgehead atoms. The summed E-state index contributed by atoms with van der Waals surface area (Å²) in [6.45, 7) is 2.11. The summed E-state index contributed by atoms with van der Waals surface area (Å²) >= 11 is 0. The van der Waals surface area contributed by atoms with Gasteiger partial charge in [-0.15, -0.1) is 0 Å². The summed E-state index contributed by atoms with van der Waals surface area (Å²) < 4.78 is 0. The zero-order valence-corrected chi connectivity index (χ0v) is 8.93. The van der Waals surface area contributed by atoms with Crippen molar-refractivity contribution in [3.8, 4) is 0 Å². The molecule has 1 aromatic rings. The molecule has 0 unspecified atom stereocenters. The zero-order valence-electron chi connectivity index (χ0n) is 8.93. The Morgan fingerprint density at radius 3 is 2.33 bits per heavy atom. The Kier molecular flexibility index (Phi) is 3.51. The number of hydrogen-bond acceptors (Lipinski definition) is 2. The van der Waals surface area contributed by atoms with Crippen LogP contribution in [0.4, 0.5) is 0 Å². The van der Waals surface area contributed by atoms with Crippen molar-refractivity contribution in [2.24, 2.45) is 0 Å². The number of aldehydes is 1. The van der Waals surface area contributed by atoms with Crippen LogP contribution in [0.3, 0.4) is 0 Å². The van der Waals surface area contributed by atoms with Gasteiger partial charge in [0.2, 0.25) is 0 Å². The van der Waals surface area contributed by atoms with E-state index in [1.807, 2.05) is 30.3 Å². The van der Waals surface area contributed by atoms with Crippen molar-refractivity contribution in [2.75, 3.05) is 13.1 Å². The fourth-order valence-corrected chi connectivity index (χ4v) is 2.22. The smallest absolute Gasteiger partial charge is 0.141 e. The maximum absolute atomic E-state index is 11.2. The number of rotatable bonds is 3. The lowest BCUT2D eigenvalue weighted by Crippen LogP contribution is -2.34. The van der Waals surface area contributed by atoms with Gasteiger partial charge in [0.05, 0.1) is 6.04 Å². The van der Waals surface area contributed by atoms with E-state index in [0.717, 1.165) is 24.9 Å². The zero-order chi connectivity index (χ0) is 10.5. The molecular weight excluding hydrogens is 186 g/mol. The molecule has 1 aromatic carbocycles. The average Bonchev–Trinajstić information content (AvgIpc) is 2.33. The Labute approximate surface area is 90.9 Å². The molecule has 0 N–H and O–H groups in total. The van der Waals surface area contributed by atoms with E-state index in [-0.39, 0.29) is 6.04 Å². The van der Waals surface area contributed by atoms with E-state index in [1.165, 1.54) is 19.3 Å². The van der Waals surface area contributed by atoms with E-state index in [0.29, 0.717) is 0 Å². The van der Waals surface area contributed by atoms with E-state index in [4.69, 9.17) is 0 Å². The van der Waals surface area contributed by atoms with E-state index in [2.05, 4.69) is 4.90 Å². The molecule has 0 spiro atoms. The second-order valence-electron chi connectivity index (χ2n) is 4.09. The summed E-state index contributed by atoms with van der Waals surface area (Å²) in [7, 11) is 0. The average molecular weight is 203 g/mol. The van der Waals surface area contributed by atoms with Crippen molar-refractivity contribution in [3.05, 3.63) is 35.9 Å². The van der Waals surface area contributed by atoms with E-state index < -0.39 is 0 Å². The molecular formula is C13H17NO. The van der Waals surface area contributed by atoms with Crippen LogP contribution in [-0.4, -0.2) is 24.3 Å².